The summed E-state index contributed by atoms with van der Waals surface area (Å²) < 4.78 is 36.1. The molecule has 0 aliphatic rings. The van der Waals surface area contributed by atoms with Gasteiger partial charge in [0.15, 0.2) is 0 Å². The molecule has 0 saturated heterocycles. The molecule has 0 heterocycles. The van der Waals surface area contributed by atoms with Crippen LogP contribution in [0.25, 0.3) is 0 Å². The van der Waals surface area contributed by atoms with Gasteiger partial charge in [-0.1, -0.05) is 11.6 Å². The number of rotatable bonds is 4. The highest BCUT2D eigenvalue weighted by Crippen LogP contribution is 2.18. The van der Waals surface area contributed by atoms with Crippen molar-refractivity contribution in [3.63, 3.8) is 0 Å². The average Bonchev–Trinajstić information content (AvgIpc) is 2.33. The van der Waals surface area contributed by atoms with E-state index in [9.17, 15) is 22.8 Å². The Hall–Kier alpha value is -1.96. The molecule has 20 heavy (non-hydrogen) atoms. The van der Waals surface area contributed by atoms with Crippen LogP contribution in [0.5, 0.6) is 0 Å². The van der Waals surface area contributed by atoms with E-state index >= 15 is 0 Å². The second-order valence-corrected chi connectivity index (χ2v) is 4.17. The van der Waals surface area contributed by atoms with Gasteiger partial charge in [-0.05, 0) is 24.3 Å². The molecule has 2 N–H and O–H groups in total. The van der Waals surface area contributed by atoms with Gasteiger partial charge in [0.05, 0.1) is 0 Å². The van der Waals surface area contributed by atoms with Gasteiger partial charge >= 0.3 is 18.2 Å². The summed E-state index contributed by atoms with van der Waals surface area (Å²) in [6.07, 6.45) is -4.58. The van der Waals surface area contributed by atoms with Crippen LogP contribution in [-0.4, -0.2) is 36.4 Å². The van der Waals surface area contributed by atoms with E-state index in [-0.39, 0.29) is 5.69 Å². The molecule has 5 nitrogen and oxygen atoms in total. The van der Waals surface area contributed by atoms with Crippen molar-refractivity contribution in [3.8, 4) is 0 Å². The lowest BCUT2D eigenvalue weighted by molar-refractivity contribution is -0.135. The second kappa shape index (κ2) is 6.47. The number of nitrogens with one attached hydrogen (secondary N) is 1. The fourth-order valence-corrected chi connectivity index (χ4v) is 1.43. The van der Waals surface area contributed by atoms with Gasteiger partial charge in [0.25, 0.3) is 0 Å². The molecule has 0 aliphatic heterocycles. The molecule has 2 amide bonds. The number of benzene rings is 1. The molecule has 0 aromatic heterocycles. The average molecular weight is 311 g/mol. The Kier molecular flexibility index (Phi) is 5.20. The maximum Gasteiger partial charge on any atom is 0.405 e. The first-order valence-corrected chi connectivity index (χ1v) is 5.66. The monoisotopic (exact) mass is 310 g/mol. The van der Waals surface area contributed by atoms with Crippen LogP contribution < -0.4 is 10.2 Å². The van der Waals surface area contributed by atoms with Crippen molar-refractivity contribution in [1.29, 1.82) is 0 Å². The maximum atomic E-state index is 12.0. The zero-order valence-corrected chi connectivity index (χ0v) is 10.7. The maximum absolute atomic E-state index is 12.0. The summed E-state index contributed by atoms with van der Waals surface area (Å²) >= 11 is 5.64. The number of hydrogen-bond acceptors (Lipinski definition) is 2. The highest BCUT2D eigenvalue weighted by atomic mass is 35.5. The molecule has 110 valence electrons. The van der Waals surface area contributed by atoms with Crippen LogP contribution in [-0.2, 0) is 4.79 Å². The van der Waals surface area contributed by atoms with Gasteiger partial charge in [0.1, 0.15) is 13.1 Å². The van der Waals surface area contributed by atoms with E-state index in [0.29, 0.717) is 9.92 Å². The van der Waals surface area contributed by atoms with Crippen LogP contribution in [0.2, 0.25) is 5.02 Å². The summed E-state index contributed by atoms with van der Waals surface area (Å²) in [4.78, 5) is 23.0. The lowest BCUT2D eigenvalue weighted by atomic mass is 10.3. The van der Waals surface area contributed by atoms with Gasteiger partial charge in [-0.3, -0.25) is 9.69 Å². The first-order valence-electron chi connectivity index (χ1n) is 5.28. The van der Waals surface area contributed by atoms with Gasteiger partial charge in [-0.15, -0.1) is 0 Å². The number of alkyl halides is 3. The Morgan fingerprint density at radius 2 is 1.80 bits per heavy atom. The van der Waals surface area contributed by atoms with Crippen LogP contribution in [0.15, 0.2) is 24.3 Å². The van der Waals surface area contributed by atoms with E-state index < -0.39 is 31.3 Å². The molecule has 0 spiro atoms. The van der Waals surface area contributed by atoms with E-state index in [0.717, 1.165) is 0 Å². The number of halogens is 4. The van der Waals surface area contributed by atoms with E-state index in [2.05, 4.69) is 0 Å². The molecule has 1 aromatic rings. The van der Waals surface area contributed by atoms with Crippen molar-refractivity contribution >= 4 is 29.3 Å². The SMILES string of the molecule is O=C(O)CN(C(=O)NCC(F)(F)F)c1ccc(Cl)cc1. The predicted octanol–water partition coefficient (Wildman–Crippen LogP) is 2.50. The number of anilines is 1. The number of amides is 2. The minimum Gasteiger partial charge on any atom is -0.480 e. The molecular weight excluding hydrogens is 301 g/mol. The highest BCUT2D eigenvalue weighted by molar-refractivity contribution is 6.30. The number of carbonyl (C=O) groups excluding carboxylic acids is 1. The van der Waals surface area contributed by atoms with Crippen molar-refractivity contribution in [2.24, 2.45) is 0 Å². The van der Waals surface area contributed by atoms with Gasteiger partial charge < -0.3 is 10.4 Å². The van der Waals surface area contributed by atoms with Crippen LogP contribution >= 0.6 is 11.6 Å². The van der Waals surface area contributed by atoms with Crippen molar-refractivity contribution in [3.05, 3.63) is 29.3 Å². The Morgan fingerprint density at radius 3 is 2.25 bits per heavy atom. The third-order valence-corrected chi connectivity index (χ3v) is 2.37. The normalized spacial score (nSPS) is 11.0. The Labute approximate surface area is 116 Å². The fraction of sp³-hybridized carbons (Fsp3) is 0.273. The third-order valence-electron chi connectivity index (χ3n) is 2.12. The van der Waals surface area contributed by atoms with E-state index in [1.807, 2.05) is 0 Å². The van der Waals surface area contributed by atoms with Gasteiger partial charge in [0.2, 0.25) is 0 Å². The predicted molar refractivity (Wildman–Crippen MR) is 65.9 cm³/mol. The molecule has 0 atom stereocenters. The number of urea groups is 1. The summed E-state index contributed by atoms with van der Waals surface area (Å²) in [7, 11) is 0. The number of nitrogens with zero attached hydrogens (tertiary/aromatic N) is 1. The van der Waals surface area contributed by atoms with Crippen molar-refractivity contribution in [1.82, 2.24) is 5.32 Å². The minimum atomic E-state index is -4.58. The molecule has 0 fully saturated rings. The molecule has 9 heteroatoms. The molecule has 0 radical (unpaired) electrons. The van der Waals surface area contributed by atoms with Crippen molar-refractivity contribution in [2.75, 3.05) is 18.0 Å². The Balaban J connectivity index is 2.86. The summed E-state index contributed by atoms with van der Waals surface area (Å²) in [6.45, 7) is -2.32. The van der Waals surface area contributed by atoms with Gasteiger partial charge in [0, 0.05) is 10.7 Å². The zero-order chi connectivity index (χ0) is 15.3. The van der Waals surface area contributed by atoms with Crippen molar-refractivity contribution in [2.45, 2.75) is 6.18 Å². The first-order chi connectivity index (χ1) is 9.19. The van der Waals surface area contributed by atoms with Crippen LogP contribution in [0.3, 0.4) is 0 Å². The fourth-order valence-electron chi connectivity index (χ4n) is 1.31. The number of carboxylic acid groups (broad SMARTS) is 1. The number of carbonyl (C=O) groups is 2. The second-order valence-electron chi connectivity index (χ2n) is 3.73. The quantitative estimate of drug-likeness (QED) is 0.897. The van der Waals surface area contributed by atoms with Crippen molar-refractivity contribution < 1.29 is 27.9 Å². The lowest BCUT2D eigenvalue weighted by Crippen LogP contribution is -2.46. The first kappa shape index (κ1) is 16.1. The Bertz CT molecular complexity index is 491. The summed E-state index contributed by atoms with van der Waals surface area (Å²) in [5, 5.41) is 10.7. The summed E-state index contributed by atoms with van der Waals surface area (Å²) in [6, 6.07) is 4.29. The molecular formula is C11H10ClF3N2O3. The largest absolute Gasteiger partial charge is 0.480 e. The van der Waals surface area contributed by atoms with Gasteiger partial charge in [-0.25, -0.2) is 4.79 Å². The highest BCUT2D eigenvalue weighted by Gasteiger charge is 2.29. The van der Waals surface area contributed by atoms with Gasteiger partial charge in [-0.2, -0.15) is 13.2 Å². The summed E-state index contributed by atoms with van der Waals surface area (Å²) in [5.41, 5.74) is 0.122. The zero-order valence-electron chi connectivity index (χ0n) is 9.95. The number of hydrogen-bond donors (Lipinski definition) is 2. The number of aliphatic carboxylic acids is 1. The smallest absolute Gasteiger partial charge is 0.405 e. The lowest BCUT2D eigenvalue weighted by Gasteiger charge is -2.21. The minimum absolute atomic E-state index is 0.122. The topological polar surface area (TPSA) is 69.6 Å². The molecule has 1 rings (SSSR count). The van der Waals surface area contributed by atoms with Crippen LogP contribution in [0.1, 0.15) is 0 Å². The Morgan fingerprint density at radius 1 is 1.25 bits per heavy atom. The van der Waals surface area contributed by atoms with Crippen LogP contribution in [0, 0.1) is 0 Å². The summed E-state index contributed by atoms with van der Waals surface area (Å²) in [5.74, 6) is -1.36. The molecule has 0 bridgehead atoms. The molecule has 0 saturated carbocycles. The van der Waals surface area contributed by atoms with E-state index in [1.165, 1.54) is 24.3 Å². The third kappa shape index (κ3) is 5.35. The van der Waals surface area contributed by atoms with E-state index in [4.69, 9.17) is 16.7 Å². The number of carboxylic acids is 1. The molecule has 0 aliphatic carbocycles. The molecule has 1 aromatic carbocycles. The van der Waals surface area contributed by atoms with Crippen LogP contribution in [0.4, 0.5) is 23.7 Å². The van der Waals surface area contributed by atoms with E-state index in [1.54, 1.807) is 5.32 Å². The standard InChI is InChI=1S/C11H10ClF3N2O3/c12-7-1-3-8(4-2-7)17(5-9(18)19)10(20)16-6-11(13,14)15/h1-4H,5-6H2,(H,16,20)(H,18,19). The molecule has 0 unspecified atom stereocenters.